The molecule has 1 heterocycles. The molecule has 1 aromatic carbocycles. The molecule has 27 heavy (non-hydrogen) atoms. The Morgan fingerprint density at radius 1 is 1.22 bits per heavy atom. The lowest BCUT2D eigenvalue weighted by atomic mass is 9.87. The van der Waals surface area contributed by atoms with E-state index in [0.29, 0.717) is 18.9 Å². The van der Waals surface area contributed by atoms with Crippen molar-refractivity contribution in [3.8, 4) is 5.75 Å². The van der Waals surface area contributed by atoms with Crippen LogP contribution in [0.15, 0.2) is 27.0 Å². The Morgan fingerprint density at radius 2 is 1.85 bits per heavy atom. The smallest absolute Gasteiger partial charge is 0.298 e. The van der Waals surface area contributed by atoms with Gasteiger partial charge in [-0.15, -0.1) is 0 Å². The van der Waals surface area contributed by atoms with E-state index in [-0.39, 0.29) is 17.6 Å². The van der Waals surface area contributed by atoms with Crippen molar-refractivity contribution in [1.82, 2.24) is 0 Å². The number of phenols is 1. The third kappa shape index (κ3) is 3.26. The van der Waals surface area contributed by atoms with Gasteiger partial charge in [-0.2, -0.15) is 13.4 Å². The van der Waals surface area contributed by atoms with Crippen LogP contribution in [0.25, 0.3) is 0 Å². The van der Waals surface area contributed by atoms with Crippen LogP contribution in [0.1, 0.15) is 32.1 Å². The second kappa shape index (κ2) is 6.35. The first kappa shape index (κ1) is 18.8. The fourth-order valence-corrected chi connectivity index (χ4v) is 4.14. The van der Waals surface area contributed by atoms with Gasteiger partial charge in [0, 0.05) is 12.1 Å². The van der Waals surface area contributed by atoms with Crippen LogP contribution in [0, 0.1) is 10.1 Å². The number of phenolic OH excluding ortho intramolecular Hbond substituents is 1. The van der Waals surface area contributed by atoms with Gasteiger partial charge >= 0.3 is 0 Å². The molecule has 13 heteroatoms. The second-order valence-electron chi connectivity index (χ2n) is 6.36. The summed E-state index contributed by atoms with van der Waals surface area (Å²) in [5.41, 5.74) is 9.71. The second-order valence-corrected chi connectivity index (χ2v) is 7.75. The maximum atomic E-state index is 11.6. The van der Waals surface area contributed by atoms with Crippen molar-refractivity contribution in [2.24, 2.45) is 21.5 Å². The molecule has 1 aliphatic heterocycles. The van der Waals surface area contributed by atoms with Crippen molar-refractivity contribution >= 4 is 33.4 Å². The molecule has 0 unspecified atom stereocenters. The van der Waals surface area contributed by atoms with Crippen LogP contribution in [0.5, 0.6) is 5.75 Å². The van der Waals surface area contributed by atoms with Crippen molar-refractivity contribution < 1.29 is 23.0 Å². The zero-order valence-electron chi connectivity index (χ0n) is 14.1. The number of non-ortho nitro benzene ring substituents is 1. The molecule has 3 rings (SSSR count). The first-order chi connectivity index (χ1) is 12.5. The third-order valence-corrected chi connectivity index (χ3v) is 5.49. The van der Waals surface area contributed by atoms with Crippen LogP contribution >= 0.6 is 0 Å². The predicted molar refractivity (Wildman–Crippen MR) is 96.1 cm³/mol. The largest absolute Gasteiger partial charge is 0.504 e. The van der Waals surface area contributed by atoms with E-state index in [2.05, 4.69) is 9.98 Å². The highest BCUT2D eigenvalue weighted by Crippen LogP contribution is 2.45. The molecule has 12 nitrogen and oxygen atoms in total. The molecule has 0 atom stereocenters. The molecular weight excluding hydrogens is 380 g/mol. The standard InChI is InChI=1S/C14H18N6O6S/c15-12-17-13(16)19(14(18-12)4-2-1-3-5-14)9-6-8(20(22)23)7-10(11(9)21)27(24,25)26/h6-7,21H,1-5H2,(H,24,25,26)(H4,15,16,17,18). The van der Waals surface area contributed by atoms with Gasteiger partial charge in [-0.3, -0.25) is 19.6 Å². The fraction of sp³-hybridized carbons (Fsp3) is 0.429. The number of rotatable bonds is 3. The highest BCUT2D eigenvalue weighted by Gasteiger charge is 2.44. The number of nitro groups is 1. The molecule has 0 bridgehead atoms. The van der Waals surface area contributed by atoms with E-state index in [1.54, 1.807) is 0 Å². The Balaban J connectivity index is 2.29. The molecule has 2 aliphatic rings. The summed E-state index contributed by atoms with van der Waals surface area (Å²) < 4.78 is 32.6. The number of nitrogens with zero attached hydrogens (tertiary/aromatic N) is 4. The van der Waals surface area contributed by atoms with Crippen LogP contribution in [0.4, 0.5) is 11.4 Å². The SMILES string of the molecule is NC1=NC2(CCCCC2)N(c2cc([N+](=O)[O-])cc(S(=O)(=O)O)c2O)C(N)=N1. The molecule has 146 valence electrons. The number of benzene rings is 1. The van der Waals surface area contributed by atoms with Crippen LogP contribution in [0.2, 0.25) is 0 Å². The first-order valence-electron chi connectivity index (χ1n) is 8.04. The highest BCUT2D eigenvalue weighted by molar-refractivity contribution is 7.86. The number of anilines is 1. The summed E-state index contributed by atoms with van der Waals surface area (Å²) in [6.45, 7) is 0. The number of hydrogen-bond acceptors (Lipinski definition) is 10. The van der Waals surface area contributed by atoms with Crippen LogP contribution < -0.4 is 16.4 Å². The van der Waals surface area contributed by atoms with E-state index in [1.807, 2.05) is 0 Å². The zero-order chi connectivity index (χ0) is 20.0. The van der Waals surface area contributed by atoms with Gasteiger partial charge in [0.2, 0.25) is 11.9 Å². The highest BCUT2D eigenvalue weighted by atomic mass is 32.2. The minimum Gasteiger partial charge on any atom is -0.504 e. The van der Waals surface area contributed by atoms with Gasteiger partial charge < -0.3 is 16.6 Å². The van der Waals surface area contributed by atoms with Gasteiger partial charge in [0.05, 0.1) is 10.6 Å². The lowest BCUT2D eigenvalue weighted by Gasteiger charge is -2.45. The quantitative estimate of drug-likeness (QED) is 0.321. The third-order valence-electron chi connectivity index (χ3n) is 4.62. The number of aliphatic imine (C=N–C) groups is 2. The monoisotopic (exact) mass is 398 g/mol. The van der Waals surface area contributed by atoms with E-state index >= 15 is 0 Å². The summed E-state index contributed by atoms with van der Waals surface area (Å²) in [5.74, 6) is -1.16. The van der Waals surface area contributed by atoms with Gasteiger partial charge in [0.1, 0.15) is 10.6 Å². The predicted octanol–water partition coefficient (Wildman–Crippen LogP) is 0.657. The zero-order valence-corrected chi connectivity index (χ0v) is 14.9. The van der Waals surface area contributed by atoms with E-state index in [9.17, 15) is 28.2 Å². The van der Waals surface area contributed by atoms with Crippen LogP contribution in [-0.4, -0.2) is 40.6 Å². The molecule has 1 spiro atoms. The Bertz CT molecular complexity index is 967. The molecule has 1 aliphatic carbocycles. The normalized spacial score (nSPS) is 19.5. The molecule has 1 aromatic rings. The molecule has 0 radical (unpaired) electrons. The minimum absolute atomic E-state index is 0.0782. The Hall–Kier alpha value is -2.93. The van der Waals surface area contributed by atoms with Gasteiger partial charge in [-0.05, 0) is 25.7 Å². The summed E-state index contributed by atoms with van der Waals surface area (Å²) in [6, 6.07) is 1.52. The molecule has 0 saturated heterocycles. The van der Waals surface area contributed by atoms with E-state index < -0.39 is 37.0 Å². The van der Waals surface area contributed by atoms with E-state index in [1.165, 1.54) is 4.90 Å². The van der Waals surface area contributed by atoms with Crippen molar-refractivity contribution in [3.63, 3.8) is 0 Å². The van der Waals surface area contributed by atoms with Gasteiger partial charge in [0.15, 0.2) is 5.75 Å². The van der Waals surface area contributed by atoms with E-state index in [4.69, 9.17) is 11.5 Å². The maximum absolute atomic E-state index is 11.6. The number of hydrogen-bond donors (Lipinski definition) is 4. The van der Waals surface area contributed by atoms with Gasteiger partial charge in [0.25, 0.3) is 15.8 Å². The van der Waals surface area contributed by atoms with Crippen molar-refractivity contribution in [2.45, 2.75) is 42.7 Å². The Labute approximate surface area is 154 Å². The fourth-order valence-electron chi connectivity index (χ4n) is 3.52. The van der Waals surface area contributed by atoms with Crippen molar-refractivity contribution in [1.29, 1.82) is 0 Å². The molecule has 0 aromatic heterocycles. The number of nitrogens with two attached hydrogens (primary N) is 2. The van der Waals surface area contributed by atoms with Crippen molar-refractivity contribution in [3.05, 3.63) is 22.2 Å². The topological polar surface area (TPSA) is 198 Å². The summed E-state index contributed by atoms with van der Waals surface area (Å²) >= 11 is 0. The lowest BCUT2D eigenvalue weighted by Crippen LogP contribution is -2.58. The average Bonchev–Trinajstić information content (AvgIpc) is 2.55. The first-order valence-corrected chi connectivity index (χ1v) is 9.48. The number of aromatic hydroxyl groups is 1. The molecule has 1 saturated carbocycles. The molecule has 1 fully saturated rings. The van der Waals surface area contributed by atoms with Crippen LogP contribution in [0.3, 0.4) is 0 Å². The summed E-state index contributed by atoms with van der Waals surface area (Å²) in [5, 5.41) is 21.7. The summed E-state index contributed by atoms with van der Waals surface area (Å²) in [7, 11) is -4.94. The van der Waals surface area contributed by atoms with Crippen molar-refractivity contribution in [2.75, 3.05) is 4.90 Å². The molecule has 0 amide bonds. The van der Waals surface area contributed by atoms with E-state index in [0.717, 1.165) is 25.3 Å². The minimum atomic E-state index is -4.94. The number of guanidine groups is 2. The Kier molecular flexibility index (Phi) is 4.43. The average molecular weight is 398 g/mol. The Morgan fingerprint density at radius 3 is 2.41 bits per heavy atom. The summed E-state index contributed by atoms with van der Waals surface area (Å²) in [4.78, 5) is 18.8. The number of nitro benzene ring substituents is 1. The van der Waals surface area contributed by atoms with Crippen LogP contribution in [-0.2, 0) is 10.1 Å². The maximum Gasteiger partial charge on any atom is 0.298 e. The summed E-state index contributed by atoms with van der Waals surface area (Å²) in [6.07, 6.45) is 3.36. The molecular formula is C14H18N6O6S. The van der Waals surface area contributed by atoms with Gasteiger partial charge in [-0.25, -0.2) is 4.99 Å². The van der Waals surface area contributed by atoms with Gasteiger partial charge in [-0.1, -0.05) is 6.42 Å². The molecule has 6 N–H and O–H groups in total. The lowest BCUT2D eigenvalue weighted by molar-refractivity contribution is -0.385.